The summed E-state index contributed by atoms with van der Waals surface area (Å²) < 4.78 is 0. The van der Waals surface area contributed by atoms with Crippen LogP contribution in [0.15, 0.2) is 0 Å². The highest BCUT2D eigenvalue weighted by molar-refractivity contribution is 5.64. The van der Waals surface area contributed by atoms with Crippen molar-refractivity contribution in [2.45, 2.75) is 12.5 Å². The summed E-state index contributed by atoms with van der Waals surface area (Å²) in [6.45, 7) is -0.0927. The zero-order valence-electron chi connectivity index (χ0n) is 6.40. The number of aliphatic hydroxyl groups excluding tert-OH is 2. The van der Waals surface area contributed by atoms with Gasteiger partial charge < -0.3 is 20.2 Å². The molecule has 0 saturated heterocycles. The second kappa shape index (κ2) is 4.92. The van der Waals surface area contributed by atoms with E-state index in [1.54, 1.807) is 0 Å². The molecule has 5 nitrogen and oxygen atoms in total. The molecule has 0 aromatic heterocycles. The van der Waals surface area contributed by atoms with E-state index in [1.165, 1.54) is 7.05 Å². The van der Waals surface area contributed by atoms with Gasteiger partial charge in [0.2, 0.25) is 0 Å². The van der Waals surface area contributed by atoms with E-state index < -0.39 is 12.2 Å². The molecule has 3 N–H and O–H groups in total. The third-order valence-corrected chi connectivity index (χ3v) is 1.27. The Hall–Kier alpha value is -0.810. The van der Waals surface area contributed by atoms with Crippen LogP contribution in [0.2, 0.25) is 0 Å². The first-order valence-corrected chi connectivity index (χ1v) is 3.31. The number of aliphatic hydroxyl groups is 2. The van der Waals surface area contributed by atoms with Crippen LogP contribution < -0.4 is 0 Å². The molecule has 0 aliphatic heterocycles. The zero-order chi connectivity index (χ0) is 8.85. The van der Waals surface area contributed by atoms with Crippen LogP contribution in [-0.2, 0) is 0 Å². The topological polar surface area (TPSA) is 81.0 Å². The fraction of sp³-hybridized carbons (Fsp3) is 0.833. The Morgan fingerprint density at radius 3 is 2.55 bits per heavy atom. The van der Waals surface area contributed by atoms with E-state index in [2.05, 4.69) is 0 Å². The largest absolute Gasteiger partial charge is 0.465 e. The van der Waals surface area contributed by atoms with Crippen LogP contribution in [0, 0.1) is 0 Å². The average Bonchev–Trinajstić information content (AvgIpc) is 1.87. The van der Waals surface area contributed by atoms with Crippen molar-refractivity contribution in [2.24, 2.45) is 0 Å². The predicted octanol–water partition coefficient (Wildman–Crippen LogP) is -0.660. The lowest BCUT2D eigenvalue weighted by Crippen LogP contribution is -2.33. The molecule has 0 heterocycles. The number of hydrogen-bond acceptors (Lipinski definition) is 3. The number of amides is 1. The van der Waals surface area contributed by atoms with Crippen LogP contribution in [0.1, 0.15) is 6.42 Å². The minimum absolute atomic E-state index is 0.0376. The van der Waals surface area contributed by atoms with Crippen LogP contribution in [0.4, 0.5) is 4.79 Å². The van der Waals surface area contributed by atoms with Crippen molar-refractivity contribution in [3.63, 3.8) is 0 Å². The molecule has 0 saturated carbocycles. The minimum Gasteiger partial charge on any atom is -0.465 e. The Labute approximate surface area is 64.9 Å². The molecule has 0 unspecified atom stereocenters. The lowest BCUT2D eigenvalue weighted by molar-refractivity contribution is 0.0893. The molecule has 0 aliphatic carbocycles. The Morgan fingerprint density at radius 1 is 1.64 bits per heavy atom. The molecule has 0 spiro atoms. The molecule has 1 atom stereocenters. The maximum Gasteiger partial charge on any atom is 0.407 e. The Kier molecular flexibility index (Phi) is 4.56. The summed E-state index contributed by atoms with van der Waals surface area (Å²) in [4.78, 5) is 11.2. The number of hydrogen-bond donors (Lipinski definition) is 3. The highest BCUT2D eigenvalue weighted by Crippen LogP contribution is 1.93. The fourth-order valence-electron chi connectivity index (χ4n) is 0.635. The van der Waals surface area contributed by atoms with Gasteiger partial charge in [0, 0.05) is 20.2 Å². The summed E-state index contributed by atoms with van der Waals surface area (Å²) in [6.07, 6.45) is -1.65. The average molecular weight is 163 g/mol. The van der Waals surface area contributed by atoms with Gasteiger partial charge in [0.15, 0.2) is 0 Å². The van der Waals surface area contributed by atoms with Crippen molar-refractivity contribution in [1.82, 2.24) is 4.90 Å². The SMILES string of the molecule is CN(C[C@@H](O)CCO)C(=O)O. The number of nitrogens with zero attached hydrogens (tertiary/aromatic N) is 1. The smallest absolute Gasteiger partial charge is 0.407 e. The van der Waals surface area contributed by atoms with E-state index in [1.807, 2.05) is 0 Å². The molecule has 66 valence electrons. The van der Waals surface area contributed by atoms with Gasteiger partial charge >= 0.3 is 6.09 Å². The summed E-state index contributed by atoms with van der Waals surface area (Å²) in [6, 6.07) is 0. The summed E-state index contributed by atoms with van der Waals surface area (Å²) >= 11 is 0. The molecule has 0 aromatic carbocycles. The van der Waals surface area contributed by atoms with Crippen LogP contribution in [0.25, 0.3) is 0 Å². The van der Waals surface area contributed by atoms with E-state index in [4.69, 9.17) is 15.3 Å². The van der Waals surface area contributed by atoms with Gasteiger partial charge in [-0.15, -0.1) is 0 Å². The van der Waals surface area contributed by atoms with Crippen LogP contribution in [-0.4, -0.2) is 52.6 Å². The second-order valence-corrected chi connectivity index (χ2v) is 2.33. The van der Waals surface area contributed by atoms with E-state index >= 15 is 0 Å². The van der Waals surface area contributed by atoms with Crippen molar-refractivity contribution >= 4 is 6.09 Å². The standard InChI is InChI=1S/C6H13NO4/c1-7(6(10)11)4-5(9)2-3-8/h5,8-9H,2-4H2,1H3,(H,10,11)/t5-/m0/s1. The Morgan fingerprint density at radius 2 is 2.18 bits per heavy atom. The molecular formula is C6H13NO4. The van der Waals surface area contributed by atoms with Gasteiger partial charge in [-0.3, -0.25) is 0 Å². The molecule has 0 rings (SSSR count). The molecule has 5 heteroatoms. The van der Waals surface area contributed by atoms with Crippen molar-refractivity contribution in [3.8, 4) is 0 Å². The lowest BCUT2D eigenvalue weighted by Gasteiger charge is -2.16. The fourth-order valence-corrected chi connectivity index (χ4v) is 0.635. The van der Waals surface area contributed by atoms with Gasteiger partial charge in [-0.2, -0.15) is 0 Å². The molecule has 0 bridgehead atoms. The van der Waals surface area contributed by atoms with Crippen molar-refractivity contribution < 1.29 is 20.1 Å². The maximum atomic E-state index is 10.2. The predicted molar refractivity (Wildman–Crippen MR) is 38.4 cm³/mol. The van der Waals surface area contributed by atoms with Gasteiger partial charge in [-0.05, 0) is 6.42 Å². The maximum absolute atomic E-state index is 10.2. The molecule has 1 amide bonds. The van der Waals surface area contributed by atoms with Crippen LogP contribution >= 0.6 is 0 Å². The number of carboxylic acid groups (broad SMARTS) is 1. The lowest BCUT2D eigenvalue weighted by atomic mass is 10.2. The zero-order valence-corrected chi connectivity index (χ0v) is 6.40. The van der Waals surface area contributed by atoms with E-state index in [0.29, 0.717) is 0 Å². The summed E-state index contributed by atoms with van der Waals surface area (Å²) in [5.41, 5.74) is 0. The number of likely N-dealkylation sites (N-methyl/N-ethyl adjacent to an activating group) is 1. The summed E-state index contributed by atoms with van der Waals surface area (Å²) in [5.74, 6) is 0. The summed E-state index contributed by atoms with van der Waals surface area (Å²) in [5, 5.41) is 25.7. The minimum atomic E-state index is -1.08. The molecule has 0 fully saturated rings. The molecule has 0 radical (unpaired) electrons. The van der Waals surface area contributed by atoms with E-state index in [9.17, 15) is 4.79 Å². The normalized spacial score (nSPS) is 12.6. The first kappa shape index (κ1) is 10.2. The first-order valence-electron chi connectivity index (χ1n) is 3.31. The van der Waals surface area contributed by atoms with Gasteiger partial charge in [0.1, 0.15) is 0 Å². The number of carbonyl (C=O) groups is 1. The Bertz CT molecular complexity index is 128. The van der Waals surface area contributed by atoms with Gasteiger partial charge in [0.25, 0.3) is 0 Å². The molecule has 0 aliphatic rings. The monoisotopic (exact) mass is 163 g/mol. The highest BCUT2D eigenvalue weighted by atomic mass is 16.4. The summed E-state index contributed by atoms with van der Waals surface area (Å²) in [7, 11) is 1.36. The van der Waals surface area contributed by atoms with E-state index in [0.717, 1.165) is 4.90 Å². The Balaban J connectivity index is 3.56. The molecular weight excluding hydrogens is 150 g/mol. The van der Waals surface area contributed by atoms with E-state index in [-0.39, 0.29) is 19.6 Å². The van der Waals surface area contributed by atoms with Crippen LogP contribution in [0.5, 0.6) is 0 Å². The van der Waals surface area contributed by atoms with Gasteiger partial charge in [0.05, 0.1) is 6.10 Å². The second-order valence-electron chi connectivity index (χ2n) is 2.33. The van der Waals surface area contributed by atoms with Crippen molar-refractivity contribution in [1.29, 1.82) is 0 Å². The van der Waals surface area contributed by atoms with Crippen molar-refractivity contribution in [2.75, 3.05) is 20.2 Å². The van der Waals surface area contributed by atoms with Crippen molar-refractivity contribution in [3.05, 3.63) is 0 Å². The molecule has 11 heavy (non-hydrogen) atoms. The highest BCUT2D eigenvalue weighted by Gasteiger charge is 2.10. The molecule has 0 aromatic rings. The van der Waals surface area contributed by atoms with Gasteiger partial charge in [-0.25, -0.2) is 4.79 Å². The third-order valence-electron chi connectivity index (χ3n) is 1.27. The van der Waals surface area contributed by atoms with Crippen LogP contribution in [0.3, 0.4) is 0 Å². The van der Waals surface area contributed by atoms with Gasteiger partial charge in [-0.1, -0.05) is 0 Å². The first-order chi connectivity index (χ1) is 5.07. The third kappa shape index (κ3) is 4.58. The number of rotatable bonds is 4. The quantitative estimate of drug-likeness (QED) is 0.514.